The summed E-state index contributed by atoms with van der Waals surface area (Å²) in [6, 6.07) is 7.95. The van der Waals surface area contributed by atoms with Gasteiger partial charge in [0.1, 0.15) is 5.75 Å². The number of hydrogen-bond acceptors (Lipinski definition) is 3. The van der Waals surface area contributed by atoms with Crippen LogP contribution in [0.5, 0.6) is 5.75 Å². The quantitative estimate of drug-likeness (QED) is 0.841. The van der Waals surface area contributed by atoms with Crippen molar-refractivity contribution < 1.29 is 9.53 Å². The molecule has 0 aromatic heterocycles. The molecule has 4 heteroatoms. The number of likely N-dealkylation sites (N-methyl/N-ethyl adjacent to an activating group) is 1. The maximum atomic E-state index is 11.4. The fourth-order valence-electron chi connectivity index (χ4n) is 1.43. The fraction of sp³-hybridized carbons (Fsp3) is 0.462. The first-order valence-corrected chi connectivity index (χ1v) is 5.62. The Bertz CT molecular complexity index is 377. The second-order valence-electron chi connectivity index (χ2n) is 4.17. The van der Waals surface area contributed by atoms with Crippen LogP contribution in [-0.4, -0.2) is 38.6 Å². The zero-order valence-corrected chi connectivity index (χ0v) is 10.9. The first-order chi connectivity index (χ1) is 8.04. The van der Waals surface area contributed by atoms with Gasteiger partial charge in [0.05, 0.1) is 13.7 Å². The van der Waals surface area contributed by atoms with Gasteiger partial charge in [-0.3, -0.25) is 4.79 Å². The summed E-state index contributed by atoms with van der Waals surface area (Å²) in [7, 11) is 5.15. The third-order valence-electron chi connectivity index (χ3n) is 2.65. The highest BCUT2D eigenvalue weighted by Gasteiger charge is 2.09. The van der Waals surface area contributed by atoms with E-state index in [-0.39, 0.29) is 11.9 Å². The minimum absolute atomic E-state index is 0.0692. The number of methoxy groups -OCH3 is 1. The molecule has 0 radical (unpaired) electrons. The minimum Gasteiger partial charge on any atom is -0.497 e. The Labute approximate surface area is 103 Å². The Morgan fingerprint density at radius 2 is 2.18 bits per heavy atom. The highest BCUT2D eigenvalue weighted by atomic mass is 16.5. The van der Waals surface area contributed by atoms with Crippen LogP contribution in [-0.2, 0) is 4.79 Å². The zero-order valence-electron chi connectivity index (χ0n) is 10.9. The number of rotatable bonds is 5. The van der Waals surface area contributed by atoms with E-state index in [0.29, 0.717) is 6.54 Å². The Kier molecular flexibility index (Phi) is 4.97. The minimum atomic E-state index is 0.0692. The van der Waals surface area contributed by atoms with Gasteiger partial charge in [0.15, 0.2) is 0 Å². The number of nitrogens with one attached hydrogen (secondary N) is 1. The van der Waals surface area contributed by atoms with Crippen LogP contribution in [0.2, 0.25) is 0 Å². The lowest BCUT2D eigenvalue weighted by atomic mass is 10.1. The molecule has 1 aromatic carbocycles. The fourth-order valence-corrected chi connectivity index (χ4v) is 1.43. The molecule has 1 atom stereocenters. The third-order valence-corrected chi connectivity index (χ3v) is 2.65. The van der Waals surface area contributed by atoms with Crippen LogP contribution in [0, 0.1) is 0 Å². The molecule has 0 unspecified atom stereocenters. The topological polar surface area (TPSA) is 41.6 Å². The number of nitrogens with zero attached hydrogens (tertiary/aromatic N) is 1. The van der Waals surface area contributed by atoms with E-state index in [1.165, 1.54) is 0 Å². The molecule has 1 amide bonds. The van der Waals surface area contributed by atoms with Crippen molar-refractivity contribution in [1.29, 1.82) is 0 Å². The first-order valence-electron chi connectivity index (χ1n) is 5.62. The SMILES string of the molecule is COc1cccc([C@H](C)NCC(=O)N(C)C)c1. The van der Waals surface area contributed by atoms with E-state index in [1.807, 2.05) is 31.2 Å². The van der Waals surface area contributed by atoms with Crippen molar-refractivity contribution in [3.05, 3.63) is 29.8 Å². The van der Waals surface area contributed by atoms with E-state index in [9.17, 15) is 4.79 Å². The molecule has 0 saturated carbocycles. The van der Waals surface area contributed by atoms with Crippen molar-refractivity contribution in [2.24, 2.45) is 0 Å². The van der Waals surface area contributed by atoms with Gasteiger partial charge in [-0.2, -0.15) is 0 Å². The molecule has 0 heterocycles. The summed E-state index contributed by atoms with van der Waals surface area (Å²) in [5.41, 5.74) is 1.11. The predicted octanol–water partition coefficient (Wildman–Crippen LogP) is 1.43. The van der Waals surface area contributed by atoms with Gasteiger partial charge < -0.3 is 15.0 Å². The molecule has 1 aromatic rings. The van der Waals surface area contributed by atoms with Crippen LogP contribution in [0.3, 0.4) is 0 Å². The summed E-state index contributed by atoms with van der Waals surface area (Å²) in [4.78, 5) is 13.0. The smallest absolute Gasteiger partial charge is 0.236 e. The molecular formula is C13H20N2O2. The summed E-state index contributed by atoms with van der Waals surface area (Å²) in [6.07, 6.45) is 0. The number of ether oxygens (including phenoxy) is 1. The molecule has 4 nitrogen and oxygen atoms in total. The highest BCUT2D eigenvalue weighted by Crippen LogP contribution is 2.18. The molecule has 0 aliphatic carbocycles. The van der Waals surface area contributed by atoms with Crippen molar-refractivity contribution >= 4 is 5.91 Å². The number of amides is 1. The largest absolute Gasteiger partial charge is 0.497 e. The number of carbonyl (C=O) groups is 1. The van der Waals surface area contributed by atoms with Crippen molar-refractivity contribution in [1.82, 2.24) is 10.2 Å². The zero-order chi connectivity index (χ0) is 12.8. The van der Waals surface area contributed by atoms with E-state index in [1.54, 1.807) is 26.1 Å². The summed E-state index contributed by atoms with van der Waals surface area (Å²) < 4.78 is 5.17. The summed E-state index contributed by atoms with van der Waals surface area (Å²) in [6.45, 7) is 2.36. The average molecular weight is 236 g/mol. The summed E-state index contributed by atoms with van der Waals surface area (Å²) >= 11 is 0. The first kappa shape index (κ1) is 13.5. The lowest BCUT2D eigenvalue weighted by molar-refractivity contribution is -0.127. The van der Waals surface area contributed by atoms with E-state index in [2.05, 4.69) is 5.32 Å². The van der Waals surface area contributed by atoms with Gasteiger partial charge in [-0.1, -0.05) is 12.1 Å². The maximum Gasteiger partial charge on any atom is 0.236 e. The predicted molar refractivity (Wildman–Crippen MR) is 68.1 cm³/mol. The van der Waals surface area contributed by atoms with Crippen molar-refractivity contribution in [2.45, 2.75) is 13.0 Å². The van der Waals surface area contributed by atoms with Gasteiger partial charge in [-0.05, 0) is 24.6 Å². The molecule has 1 rings (SSSR count). The normalized spacial score (nSPS) is 12.0. The molecule has 0 aliphatic rings. The molecule has 0 fully saturated rings. The van der Waals surface area contributed by atoms with Crippen LogP contribution < -0.4 is 10.1 Å². The van der Waals surface area contributed by atoms with Crippen LogP contribution >= 0.6 is 0 Å². The van der Waals surface area contributed by atoms with Crippen LogP contribution in [0.25, 0.3) is 0 Å². The lowest BCUT2D eigenvalue weighted by Gasteiger charge is -2.16. The second-order valence-corrected chi connectivity index (χ2v) is 4.17. The molecule has 0 aliphatic heterocycles. The number of carbonyl (C=O) groups excluding carboxylic acids is 1. The van der Waals surface area contributed by atoms with Crippen LogP contribution in [0.4, 0.5) is 0 Å². The molecule has 17 heavy (non-hydrogen) atoms. The Balaban J connectivity index is 2.57. The van der Waals surface area contributed by atoms with Gasteiger partial charge >= 0.3 is 0 Å². The van der Waals surface area contributed by atoms with Crippen molar-refractivity contribution in [2.75, 3.05) is 27.7 Å². The lowest BCUT2D eigenvalue weighted by Crippen LogP contribution is -2.34. The second kappa shape index (κ2) is 6.25. The van der Waals surface area contributed by atoms with E-state index >= 15 is 0 Å². The van der Waals surface area contributed by atoms with Crippen molar-refractivity contribution in [3.63, 3.8) is 0 Å². The Hall–Kier alpha value is -1.55. The molecule has 0 bridgehead atoms. The van der Waals surface area contributed by atoms with E-state index in [4.69, 9.17) is 4.74 Å². The van der Waals surface area contributed by atoms with E-state index in [0.717, 1.165) is 11.3 Å². The van der Waals surface area contributed by atoms with Gasteiger partial charge in [0.2, 0.25) is 5.91 Å². The van der Waals surface area contributed by atoms with Gasteiger partial charge in [0.25, 0.3) is 0 Å². The molecule has 0 saturated heterocycles. The van der Waals surface area contributed by atoms with Gasteiger partial charge in [-0.25, -0.2) is 0 Å². The maximum absolute atomic E-state index is 11.4. The molecular weight excluding hydrogens is 216 g/mol. The van der Waals surface area contributed by atoms with Gasteiger partial charge in [-0.15, -0.1) is 0 Å². The Morgan fingerprint density at radius 1 is 1.47 bits per heavy atom. The van der Waals surface area contributed by atoms with Gasteiger partial charge in [0, 0.05) is 20.1 Å². The van der Waals surface area contributed by atoms with E-state index < -0.39 is 0 Å². The summed E-state index contributed by atoms with van der Waals surface area (Å²) in [5, 5.41) is 3.18. The number of hydrogen-bond donors (Lipinski definition) is 1. The molecule has 0 spiro atoms. The Morgan fingerprint density at radius 3 is 2.76 bits per heavy atom. The molecule has 94 valence electrons. The van der Waals surface area contributed by atoms with Crippen LogP contribution in [0.15, 0.2) is 24.3 Å². The summed E-state index contributed by atoms with van der Waals surface area (Å²) in [5.74, 6) is 0.898. The number of benzene rings is 1. The monoisotopic (exact) mass is 236 g/mol. The highest BCUT2D eigenvalue weighted by molar-refractivity contribution is 5.77. The average Bonchev–Trinajstić information content (AvgIpc) is 2.35. The standard InChI is InChI=1S/C13H20N2O2/c1-10(14-9-13(16)15(2)3)11-6-5-7-12(8-11)17-4/h5-8,10,14H,9H2,1-4H3/t10-/m0/s1. The van der Waals surface area contributed by atoms with Crippen molar-refractivity contribution in [3.8, 4) is 5.75 Å². The molecule has 1 N–H and O–H groups in total. The van der Waals surface area contributed by atoms with Crippen LogP contribution in [0.1, 0.15) is 18.5 Å². The third kappa shape index (κ3) is 4.07.